The molecule has 1 rings (SSSR count). The summed E-state index contributed by atoms with van der Waals surface area (Å²) in [6.07, 6.45) is 0. The van der Waals surface area contributed by atoms with Gasteiger partial charge in [-0.25, -0.2) is 8.42 Å². The van der Waals surface area contributed by atoms with Crippen LogP contribution in [0.5, 0.6) is 0 Å². The Hall–Kier alpha value is -0.910. The Balaban J connectivity index is 3.43. The van der Waals surface area contributed by atoms with Crippen LogP contribution in [0.2, 0.25) is 0 Å². The third-order valence-corrected chi connectivity index (χ3v) is 3.89. The Morgan fingerprint density at radius 3 is 2.20 bits per heavy atom. The Bertz CT molecular complexity index is 466. The van der Waals surface area contributed by atoms with Gasteiger partial charge in [-0.15, -0.1) is 0 Å². The maximum absolute atomic E-state index is 11.8. The van der Waals surface area contributed by atoms with E-state index in [2.05, 4.69) is 4.84 Å². The molecule has 0 unspecified atom stereocenters. The molecular weight excluding hydrogens is 214 g/mol. The molecule has 0 radical (unpaired) electrons. The highest BCUT2D eigenvalue weighted by molar-refractivity contribution is 7.89. The summed E-state index contributed by atoms with van der Waals surface area (Å²) >= 11 is 0. The van der Waals surface area contributed by atoms with E-state index in [0.29, 0.717) is 10.5 Å². The molecule has 0 aliphatic rings. The number of hydrogen-bond acceptors (Lipinski definition) is 3. The molecule has 0 aliphatic heterocycles. The van der Waals surface area contributed by atoms with Gasteiger partial charge in [0.2, 0.25) is 0 Å². The summed E-state index contributed by atoms with van der Waals surface area (Å²) in [4.78, 5) is 6.79. The molecule has 15 heavy (non-hydrogen) atoms. The maximum atomic E-state index is 11.8. The van der Waals surface area contributed by atoms with E-state index in [-0.39, 0.29) is 0 Å². The van der Waals surface area contributed by atoms with Crippen LogP contribution in [0.1, 0.15) is 16.7 Å². The van der Waals surface area contributed by atoms with Gasteiger partial charge in [-0.1, -0.05) is 17.0 Å². The third-order valence-electron chi connectivity index (χ3n) is 2.34. The molecule has 1 N–H and O–H groups in total. The quantitative estimate of drug-likeness (QED) is 0.798. The van der Waals surface area contributed by atoms with E-state index >= 15 is 0 Å². The van der Waals surface area contributed by atoms with Gasteiger partial charge in [0.15, 0.2) is 0 Å². The molecule has 4 nitrogen and oxygen atoms in total. The minimum Gasteiger partial charge on any atom is -0.290 e. The Kier molecular flexibility index (Phi) is 3.49. The van der Waals surface area contributed by atoms with E-state index in [4.69, 9.17) is 0 Å². The highest BCUT2D eigenvalue weighted by Crippen LogP contribution is 2.22. The van der Waals surface area contributed by atoms with Crippen molar-refractivity contribution in [3.63, 3.8) is 0 Å². The summed E-state index contributed by atoms with van der Waals surface area (Å²) in [5, 5.41) is 0. The third kappa shape index (κ3) is 2.37. The molecule has 0 fully saturated rings. The highest BCUT2D eigenvalue weighted by Gasteiger charge is 2.19. The molecule has 0 saturated heterocycles. The van der Waals surface area contributed by atoms with Gasteiger partial charge < -0.3 is 0 Å². The van der Waals surface area contributed by atoms with Crippen LogP contribution < -0.4 is 4.89 Å². The van der Waals surface area contributed by atoms with Crippen LogP contribution in [0, 0.1) is 20.8 Å². The molecule has 84 valence electrons. The van der Waals surface area contributed by atoms with Crippen molar-refractivity contribution in [3.05, 3.63) is 28.8 Å². The van der Waals surface area contributed by atoms with Crippen LogP contribution >= 0.6 is 0 Å². The second kappa shape index (κ2) is 4.30. The second-order valence-electron chi connectivity index (χ2n) is 3.44. The predicted molar refractivity (Wildman–Crippen MR) is 58.0 cm³/mol. The molecule has 0 saturated carbocycles. The summed E-state index contributed by atoms with van der Waals surface area (Å²) < 4.78 is 23.6. The monoisotopic (exact) mass is 229 g/mol. The smallest absolute Gasteiger partial charge is 0.262 e. The number of aryl methyl sites for hydroxylation is 2. The Morgan fingerprint density at radius 2 is 1.67 bits per heavy atom. The molecule has 0 spiro atoms. The zero-order valence-electron chi connectivity index (χ0n) is 9.29. The highest BCUT2D eigenvalue weighted by atomic mass is 32.2. The van der Waals surface area contributed by atoms with Gasteiger partial charge in [0.1, 0.15) is 0 Å². The lowest BCUT2D eigenvalue weighted by molar-refractivity contribution is 0.153. The number of benzene rings is 1. The van der Waals surface area contributed by atoms with Crippen LogP contribution in [0.15, 0.2) is 17.0 Å². The van der Waals surface area contributed by atoms with Crippen LogP contribution in [0.25, 0.3) is 0 Å². The minimum atomic E-state index is -3.57. The lowest BCUT2D eigenvalue weighted by atomic mass is 10.1. The molecular formula is C10H15NO3S. The molecule has 0 heterocycles. The zero-order chi connectivity index (χ0) is 11.6. The van der Waals surface area contributed by atoms with Crippen molar-refractivity contribution in [2.45, 2.75) is 25.7 Å². The van der Waals surface area contributed by atoms with E-state index in [1.165, 1.54) is 7.11 Å². The van der Waals surface area contributed by atoms with E-state index < -0.39 is 10.0 Å². The first-order valence-electron chi connectivity index (χ1n) is 4.51. The first-order valence-corrected chi connectivity index (χ1v) is 6.00. The predicted octanol–water partition coefficient (Wildman–Crippen LogP) is 1.45. The van der Waals surface area contributed by atoms with E-state index in [1.54, 1.807) is 19.9 Å². The topological polar surface area (TPSA) is 55.4 Å². The van der Waals surface area contributed by atoms with E-state index in [1.807, 2.05) is 17.9 Å². The fourth-order valence-corrected chi connectivity index (χ4v) is 2.85. The van der Waals surface area contributed by atoms with Crippen LogP contribution in [-0.4, -0.2) is 15.5 Å². The molecule has 0 aromatic heterocycles. The summed E-state index contributed by atoms with van der Waals surface area (Å²) in [6, 6.07) is 3.68. The van der Waals surface area contributed by atoms with Crippen LogP contribution in [0.4, 0.5) is 0 Å². The van der Waals surface area contributed by atoms with Gasteiger partial charge in [0, 0.05) is 0 Å². The van der Waals surface area contributed by atoms with Crippen molar-refractivity contribution in [1.29, 1.82) is 0 Å². The average molecular weight is 229 g/mol. The van der Waals surface area contributed by atoms with Crippen molar-refractivity contribution in [3.8, 4) is 0 Å². The average Bonchev–Trinajstić information content (AvgIpc) is 2.11. The van der Waals surface area contributed by atoms with Crippen molar-refractivity contribution in [1.82, 2.24) is 4.89 Å². The first kappa shape index (κ1) is 12.2. The molecule has 0 amide bonds. The lowest BCUT2D eigenvalue weighted by Crippen LogP contribution is -2.24. The molecule has 0 atom stereocenters. The zero-order valence-corrected chi connectivity index (χ0v) is 10.1. The SMILES string of the molecule is CONS(=O)(=O)c1c(C)ccc(C)c1C. The van der Waals surface area contributed by atoms with Gasteiger partial charge >= 0.3 is 0 Å². The van der Waals surface area contributed by atoms with Crippen molar-refractivity contribution in [2.24, 2.45) is 0 Å². The summed E-state index contributed by atoms with van der Waals surface area (Å²) in [5.41, 5.74) is 2.40. The number of rotatable bonds is 3. The maximum Gasteiger partial charge on any atom is 0.262 e. The lowest BCUT2D eigenvalue weighted by Gasteiger charge is -2.12. The van der Waals surface area contributed by atoms with Gasteiger partial charge in [0.25, 0.3) is 10.0 Å². The normalized spacial score (nSPS) is 11.7. The summed E-state index contributed by atoms with van der Waals surface area (Å²) in [6.45, 7) is 5.42. The second-order valence-corrected chi connectivity index (χ2v) is 5.03. The number of nitrogens with one attached hydrogen (secondary N) is 1. The van der Waals surface area contributed by atoms with Gasteiger partial charge in [0.05, 0.1) is 12.0 Å². The molecule has 1 aromatic rings. The molecule has 0 bridgehead atoms. The Morgan fingerprint density at radius 1 is 1.13 bits per heavy atom. The molecule has 1 aromatic carbocycles. The van der Waals surface area contributed by atoms with Crippen LogP contribution in [-0.2, 0) is 14.9 Å². The standard InChI is InChI=1S/C10H15NO3S/c1-7-5-6-8(2)10(9(7)3)15(12,13)11-14-4/h5-6,11H,1-4H3. The van der Waals surface area contributed by atoms with Gasteiger partial charge in [-0.2, -0.15) is 0 Å². The van der Waals surface area contributed by atoms with Crippen LogP contribution in [0.3, 0.4) is 0 Å². The number of sulfonamides is 1. The molecule has 5 heteroatoms. The van der Waals surface area contributed by atoms with Crippen molar-refractivity contribution >= 4 is 10.0 Å². The van der Waals surface area contributed by atoms with E-state index in [9.17, 15) is 8.42 Å². The summed E-state index contributed by atoms with van der Waals surface area (Å²) in [5.74, 6) is 0. The van der Waals surface area contributed by atoms with E-state index in [0.717, 1.165) is 11.1 Å². The van der Waals surface area contributed by atoms with Crippen molar-refractivity contribution in [2.75, 3.05) is 7.11 Å². The van der Waals surface area contributed by atoms with Crippen molar-refractivity contribution < 1.29 is 13.3 Å². The first-order chi connectivity index (χ1) is 6.90. The molecule has 0 aliphatic carbocycles. The number of hydrogen-bond donors (Lipinski definition) is 1. The van der Waals surface area contributed by atoms with Gasteiger partial charge in [-0.05, 0) is 37.5 Å². The fraction of sp³-hybridized carbons (Fsp3) is 0.400. The fourth-order valence-electron chi connectivity index (χ4n) is 1.49. The largest absolute Gasteiger partial charge is 0.290 e. The minimum absolute atomic E-state index is 0.296. The Labute approximate surface area is 90.3 Å². The van der Waals surface area contributed by atoms with Gasteiger partial charge in [-0.3, -0.25) is 4.84 Å². The summed E-state index contributed by atoms with van der Waals surface area (Å²) in [7, 11) is -2.29.